The number of aromatic amines is 1. The van der Waals surface area contributed by atoms with Crippen molar-refractivity contribution in [2.24, 2.45) is 5.92 Å². The second-order valence-electron chi connectivity index (χ2n) is 7.13. The van der Waals surface area contributed by atoms with Crippen LogP contribution < -0.4 is 0 Å². The molecule has 0 saturated carbocycles. The molecular formula is C18H28N4O2. The van der Waals surface area contributed by atoms with E-state index in [1.54, 1.807) is 12.3 Å². The molecule has 2 amide bonds. The smallest absolute Gasteiger partial charge is 0.270 e. The summed E-state index contributed by atoms with van der Waals surface area (Å²) in [5.41, 5.74) is 0.620. The van der Waals surface area contributed by atoms with Gasteiger partial charge in [-0.15, -0.1) is 0 Å². The lowest BCUT2D eigenvalue weighted by atomic mass is 9.95. The molecule has 2 saturated heterocycles. The molecule has 2 aliphatic heterocycles. The van der Waals surface area contributed by atoms with Crippen LogP contribution >= 0.6 is 0 Å². The molecule has 0 spiro atoms. The number of amides is 2. The van der Waals surface area contributed by atoms with Crippen LogP contribution in [0, 0.1) is 5.92 Å². The van der Waals surface area contributed by atoms with Crippen LogP contribution in [0.3, 0.4) is 0 Å². The largest absolute Gasteiger partial charge is 0.357 e. The molecule has 3 rings (SSSR count). The Morgan fingerprint density at radius 1 is 1.12 bits per heavy atom. The molecular weight excluding hydrogens is 304 g/mol. The molecule has 1 aromatic heterocycles. The highest BCUT2D eigenvalue weighted by Gasteiger charge is 2.32. The maximum atomic E-state index is 12.8. The highest BCUT2D eigenvalue weighted by atomic mass is 16.2. The van der Waals surface area contributed by atoms with Crippen LogP contribution in [0.5, 0.6) is 0 Å². The minimum atomic E-state index is 0.0238. The van der Waals surface area contributed by atoms with E-state index >= 15 is 0 Å². The molecule has 6 nitrogen and oxygen atoms in total. The summed E-state index contributed by atoms with van der Waals surface area (Å²) in [5, 5.41) is 0. The van der Waals surface area contributed by atoms with Crippen molar-refractivity contribution in [3.05, 3.63) is 24.0 Å². The predicted octanol–water partition coefficient (Wildman–Crippen LogP) is 1.42. The van der Waals surface area contributed by atoms with Gasteiger partial charge in [-0.3, -0.25) is 9.59 Å². The van der Waals surface area contributed by atoms with Gasteiger partial charge in [-0.2, -0.15) is 0 Å². The summed E-state index contributed by atoms with van der Waals surface area (Å²) in [6.45, 7) is 8.87. The van der Waals surface area contributed by atoms with Gasteiger partial charge in [0.05, 0.1) is 5.92 Å². The number of carbonyl (C=O) groups excluding carboxylic acids is 2. The summed E-state index contributed by atoms with van der Waals surface area (Å²) < 4.78 is 0. The first-order valence-corrected chi connectivity index (χ1v) is 9.01. The molecule has 0 bridgehead atoms. The Hall–Kier alpha value is -1.82. The number of piperidine rings is 1. The summed E-state index contributed by atoms with van der Waals surface area (Å²) in [4.78, 5) is 34.3. The number of hydrogen-bond donors (Lipinski definition) is 1. The fourth-order valence-corrected chi connectivity index (χ4v) is 3.70. The number of nitrogens with zero attached hydrogens (tertiary/aromatic N) is 3. The lowest BCUT2D eigenvalue weighted by Gasteiger charge is -2.40. The summed E-state index contributed by atoms with van der Waals surface area (Å²) in [5.74, 6) is 0.412. The molecule has 132 valence electrons. The van der Waals surface area contributed by atoms with Gasteiger partial charge in [-0.1, -0.05) is 0 Å². The molecule has 0 unspecified atom stereocenters. The number of nitrogens with one attached hydrogen (secondary N) is 1. The van der Waals surface area contributed by atoms with Gasteiger partial charge in [0.15, 0.2) is 0 Å². The standard InChI is InChI=1S/C18H28N4O2/c1-14(2)22-8-4-5-15(13-22)17(23)20-9-11-21(12-10-20)18(24)16-6-3-7-19-16/h3,6-7,14-15,19H,4-5,8-13H2,1-2H3/t15-/m0/s1. The molecule has 1 aromatic rings. The maximum Gasteiger partial charge on any atom is 0.270 e. The zero-order valence-electron chi connectivity index (χ0n) is 14.7. The van der Waals surface area contributed by atoms with Crippen LogP contribution in [-0.2, 0) is 4.79 Å². The van der Waals surface area contributed by atoms with E-state index in [9.17, 15) is 9.59 Å². The molecule has 2 fully saturated rings. The van der Waals surface area contributed by atoms with Crippen molar-refractivity contribution in [3.63, 3.8) is 0 Å². The third kappa shape index (κ3) is 3.64. The van der Waals surface area contributed by atoms with Crippen molar-refractivity contribution in [3.8, 4) is 0 Å². The van der Waals surface area contributed by atoms with Crippen LogP contribution in [0.15, 0.2) is 18.3 Å². The second kappa shape index (κ2) is 7.38. The quantitative estimate of drug-likeness (QED) is 0.911. The van der Waals surface area contributed by atoms with Gasteiger partial charge >= 0.3 is 0 Å². The van der Waals surface area contributed by atoms with Crippen molar-refractivity contribution >= 4 is 11.8 Å². The van der Waals surface area contributed by atoms with Gasteiger partial charge in [-0.25, -0.2) is 0 Å². The Bertz CT molecular complexity index is 562. The number of rotatable bonds is 3. The van der Waals surface area contributed by atoms with Crippen molar-refractivity contribution in [2.45, 2.75) is 32.7 Å². The first-order chi connectivity index (χ1) is 11.6. The van der Waals surface area contributed by atoms with Gasteiger partial charge in [0, 0.05) is 45.0 Å². The first kappa shape index (κ1) is 17.0. The van der Waals surface area contributed by atoms with Gasteiger partial charge < -0.3 is 19.7 Å². The van der Waals surface area contributed by atoms with Gasteiger partial charge in [0.25, 0.3) is 5.91 Å². The zero-order valence-corrected chi connectivity index (χ0v) is 14.7. The van der Waals surface area contributed by atoms with Crippen LogP contribution in [0.25, 0.3) is 0 Å². The average molecular weight is 332 g/mol. The Kier molecular flexibility index (Phi) is 5.23. The molecule has 6 heteroatoms. The second-order valence-corrected chi connectivity index (χ2v) is 7.13. The number of aromatic nitrogens is 1. The average Bonchev–Trinajstić information content (AvgIpc) is 3.15. The monoisotopic (exact) mass is 332 g/mol. The number of likely N-dealkylation sites (tertiary alicyclic amines) is 1. The Labute approximate surface area is 143 Å². The van der Waals surface area contributed by atoms with E-state index in [-0.39, 0.29) is 17.7 Å². The van der Waals surface area contributed by atoms with E-state index < -0.39 is 0 Å². The van der Waals surface area contributed by atoms with Crippen molar-refractivity contribution in [1.29, 1.82) is 0 Å². The van der Waals surface area contributed by atoms with E-state index in [1.165, 1.54) is 0 Å². The zero-order chi connectivity index (χ0) is 17.1. The Morgan fingerprint density at radius 2 is 1.83 bits per heavy atom. The number of H-pyrrole nitrogens is 1. The van der Waals surface area contributed by atoms with E-state index in [0.29, 0.717) is 37.9 Å². The topological polar surface area (TPSA) is 59.7 Å². The summed E-state index contributed by atoms with van der Waals surface area (Å²) in [6, 6.07) is 4.12. The van der Waals surface area contributed by atoms with E-state index in [4.69, 9.17) is 0 Å². The molecule has 0 aromatic carbocycles. The highest BCUT2D eigenvalue weighted by Crippen LogP contribution is 2.21. The minimum absolute atomic E-state index is 0.0238. The summed E-state index contributed by atoms with van der Waals surface area (Å²) >= 11 is 0. The van der Waals surface area contributed by atoms with E-state index in [1.807, 2.05) is 15.9 Å². The van der Waals surface area contributed by atoms with Crippen LogP contribution in [0.2, 0.25) is 0 Å². The molecule has 3 heterocycles. The minimum Gasteiger partial charge on any atom is -0.357 e. The Morgan fingerprint density at radius 3 is 2.46 bits per heavy atom. The number of hydrogen-bond acceptors (Lipinski definition) is 3. The van der Waals surface area contributed by atoms with Gasteiger partial charge in [0.1, 0.15) is 5.69 Å². The molecule has 0 aliphatic carbocycles. The van der Waals surface area contributed by atoms with Crippen LogP contribution in [0.1, 0.15) is 37.2 Å². The van der Waals surface area contributed by atoms with Crippen LogP contribution in [0.4, 0.5) is 0 Å². The van der Waals surface area contributed by atoms with Crippen LogP contribution in [-0.4, -0.2) is 76.8 Å². The summed E-state index contributed by atoms with van der Waals surface area (Å²) in [7, 11) is 0. The SMILES string of the molecule is CC(C)N1CCC[C@H](C(=O)N2CCN(C(=O)c3ccc[nH]3)CC2)C1. The maximum absolute atomic E-state index is 12.8. The fraction of sp³-hybridized carbons (Fsp3) is 0.667. The third-order valence-electron chi connectivity index (χ3n) is 5.24. The lowest BCUT2D eigenvalue weighted by molar-refractivity contribution is -0.139. The van der Waals surface area contributed by atoms with Crippen molar-refractivity contribution in [1.82, 2.24) is 19.7 Å². The normalized spacial score (nSPS) is 22.9. The summed E-state index contributed by atoms with van der Waals surface area (Å²) in [6.07, 6.45) is 3.85. The van der Waals surface area contributed by atoms with E-state index in [2.05, 4.69) is 23.7 Å². The predicted molar refractivity (Wildman–Crippen MR) is 92.7 cm³/mol. The molecule has 24 heavy (non-hydrogen) atoms. The van der Waals surface area contributed by atoms with Gasteiger partial charge in [0.2, 0.25) is 5.91 Å². The first-order valence-electron chi connectivity index (χ1n) is 9.01. The van der Waals surface area contributed by atoms with Crippen molar-refractivity contribution in [2.75, 3.05) is 39.3 Å². The molecule has 2 aliphatic rings. The Balaban J connectivity index is 1.52. The van der Waals surface area contributed by atoms with Gasteiger partial charge in [-0.05, 0) is 45.4 Å². The van der Waals surface area contributed by atoms with E-state index in [0.717, 1.165) is 25.9 Å². The third-order valence-corrected chi connectivity index (χ3v) is 5.24. The molecule has 1 atom stereocenters. The highest BCUT2D eigenvalue weighted by molar-refractivity contribution is 5.92. The van der Waals surface area contributed by atoms with Crippen molar-refractivity contribution < 1.29 is 9.59 Å². The lowest BCUT2D eigenvalue weighted by Crippen LogP contribution is -2.54. The number of carbonyl (C=O) groups is 2. The number of piperazine rings is 1. The molecule has 0 radical (unpaired) electrons. The molecule has 1 N–H and O–H groups in total. The fourth-order valence-electron chi connectivity index (χ4n) is 3.70.